The molecule has 14 heavy (non-hydrogen) atoms. The fraction of sp³-hybridized carbons (Fsp3) is 0.400. The minimum absolute atomic E-state index is 0.0593. The molecular weight excluding hydrogens is 182 g/mol. The Morgan fingerprint density at radius 1 is 1.50 bits per heavy atom. The maximum Gasteiger partial charge on any atom is 0.343 e. The summed E-state index contributed by atoms with van der Waals surface area (Å²) >= 11 is 0. The van der Waals surface area contributed by atoms with Gasteiger partial charge in [0.2, 0.25) is 0 Å². The van der Waals surface area contributed by atoms with Crippen molar-refractivity contribution < 1.29 is 9.53 Å². The highest BCUT2D eigenvalue weighted by atomic mass is 16.5. The van der Waals surface area contributed by atoms with E-state index >= 15 is 0 Å². The fourth-order valence-electron chi connectivity index (χ4n) is 1.01. The molecule has 4 nitrogen and oxygen atoms in total. The zero-order valence-corrected chi connectivity index (χ0v) is 8.29. The van der Waals surface area contributed by atoms with Crippen molar-refractivity contribution in [3.8, 4) is 0 Å². The van der Waals surface area contributed by atoms with E-state index < -0.39 is 11.5 Å². The van der Waals surface area contributed by atoms with Crippen LogP contribution in [0.25, 0.3) is 0 Å². The maximum absolute atomic E-state index is 11.3. The normalized spacial score (nSPS) is 9.86. The van der Waals surface area contributed by atoms with Crippen molar-refractivity contribution >= 4 is 5.97 Å². The Kier molecular flexibility index (Phi) is 3.45. The molecule has 0 amide bonds. The van der Waals surface area contributed by atoms with Crippen LogP contribution in [-0.2, 0) is 4.74 Å². The van der Waals surface area contributed by atoms with Crippen LogP contribution in [0.3, 0.4) is 0 Å². The molecule has 1 aromatic heterocycles. The number of hydrogen-bond donors (Lipinski definition) is 1. The van der Waals surface area contributed by atoms with Gasteiger partial charge in [-0.05, 0) is 25.5 Å². The Labute approximate surface area is 81.9 Å². The molecule has 1 N–H and O–H groups in total. The van der Waals surface area contributed by atoms with Crippen molar-refractivity contribution in [3.63, 3.8) is 0 Å². The highest BCUT2D eigenvalue weighted by Crippen LogP contribution is 1.96. The number of nitrogens with one attached hydrogen (secondary N) is 1. The molecule has 0 bridgehead atoms. The average molecular weight is 195 g/mol. The molecule has 0 saturated carbocycles. The fourth-order valence-corrected chi connectivity index (χ4v) is 1.01. The summed E-state index contributed by atoms with van der Waals surface area (Å²) in [7, 11) is 0. The third-order valence-corrected chi connectivity index (χ3v) is 1.71. The summed E-state index contributed by atoms with van der Waals surface area (Å²) < 4.78 is 4.84. The first-order chi connectivity index (χ1) is 6.65. The van der Waals surface area contributed by atoms with Crippen LogP contribution in [0, 0.1) is 6.92 Å². The molecule has 0 aromatic carbocycles. The number of ether oxygens (including phenoxy) is 1. The van der Waals surface area contributed by atoms with Crippen LogP contribution in [0.2, 0.25) is 0 Å². The minimum Gasteiger partial charge on any atom is -0.462 e. The largest absolute Gasteiger partial charge is 0.462 e. The predicted molar refractivity (Wildman–Crippen MR) is 52.4 cm³/mol. The van der Waals surface area contributed by atoms with E-state index in [1.54, 1.807) is 13.0 Å². The Balaban J connectivity index is 2.85. The van der Waals surface area contributed by atoms with Gasteiger partial charge in [-0.1, -0.05) is 6.92 Å². The summed E-state index contributed by atoms with van der Waals surface area (Å²) in [6.45, 7) is 3.99. The van der Waals surface area contributed by atoms with Crippen molar-refractivity contribution in [2.45, 2.75) is 20.3 Å². The second-order valence-electron chi connectivity index (χ2n) is 3.02. The first-order valence-electron chi connectivity index (χ1n) is 4.52. The van der Waals surface area contributed by atoms with Gasteiger partial charge in [-0.15, -0.1) is 0 Å². The number of aromatic amines is 1. The van der Waals surface area contributed by atoms with Crippen LogP contribution in [0.15, 0.2) is 16.9 Å². The molecule has 0 atom stereocenters. The molecule has 0 unspecified atom stereocenters. The number of esters is 1. The maximum atomic E-state index is 11.3. The molecule has 0 aliphatic carbocycles. The lowest BCUT2D eigenvalue weighted by atomic mass is 10.2. The second kappa shape index (κ2) is 4.60. The van der Waals surface area contributed by atoms with E-state index in [2.05, 4.69) is 4.98 Å². The molecule has 76 valence electrons. The lowest BCUT2D eigenvalue weighted by Gasteiger charge is -2.01. The van der Waals surface area contributed by atoms with Gasteiger partial charge < -0.3 is 9.72 Å². The predicted octanol–water partition coefficient (Wildman–Crippen LogP) is 1.25. The number of hydrogen-bond acceptors (Lipinski definition) is 3. The molecule has 0 saturated heterocycles. The van der Waals surface area contributed by atoms with Gasteiger partial charge in [0, 0.05) is 5.69 Å². The topological polar surface area (TPSA) is 59.2 Å². The van der Waals surface area contributed by atoms with Crippen molar-refractivity contribution in [3.05, 3.63) is 33.7 Å². The summed E-state index contributed by atoms with van der Waals surface area (Å²) in [6, 6.07) is 3.15. The quantitative estimate of drug-likeness (QED) is 0.738. The van der Waals surface area contributed by atoms with Gasteiger partial charge in [0.05, 0.1) is 6.61 Å². The third kappa shape index (κ3) is 2.45. The van der Waals surface area contributed by atoms with E-state index in [9.17, 15) is 9.59 Å². The molecule has 0 fully saturated rings. The molecule has 0 aliphatic rings. The van der Waals surface area contributed by atoms with Crippen molar-refractivity contribution in [2.75, 3.05) is 6.61 Å². The van der Waals surface area contributed by atoms with Crippen LogP contribution < -0.4 is 5.56 Å². The van der Waals surface area contributed by atoms with Crippen LogP contribution >= 0.6 is 0 Å². The van der Waals surface area contributed by atoms with Crippen molar-refractivity contribution in [1.82, 2.24) is 4.98 Å². The standard InChI is InChI=1S/C10H13NO3/c1-3-6-14-10(13)8-5-4-7(2)11-9(8)12/h4-5H,3,6H2,1-2H3,(H,11,12). The van der Waals surface area contributed by atoms with Gasteiger partial charge in [0.1, 0.15) is 5.56 Å². The number of rotatable bonds is 3. The van der Waals surface area contributed by atoms with Crippen LogP contribution in [-0.4, -0.2) is 17.6 Å². The first kappa shape index (κ1) is 10.5. The Hall–Kier alpha value is -1.58. The van der Waals surface area contributed by atoms with E-state index in [-0.39, 0.29) is 5.56 Å². The molecule has 4 heteroatoms. The van der Waals surface area contributed by atoms with Crippen LogP contribution in [0.4, 0.5) is 0 Å². The van der Waals surface area contributed by atoms with Gasteiger partial charge in [-0.25, -0.2) is 4.79 Å². The molecule has 1 aromatic rings. The van der Waals surface area contributed by atoms with Gasteiger partial charge >= 0.3 is 5.97 Å². The number of carbonyl (C=O) groups excluding carboxylic acids is 1. The number of carbonyl (C=O) groups is 1. The van der Waals surface area contributed by atoms with E-state index in [1.807, 2.05) is 6.92 Å². The number of aryl methyl sites for hydroxylation is 1. The first-order valence-corrected chi connectivity index (χ1v) is 4.52. The monoisotopic (exact) mass is 195 g/mol. The third-order valence-electron chi connectivity index (χ3n) is 1.71. The Bertz CT molecular complexity index is 381. The van der Waals surface area contributed by atoms with Gasteiger partial charge in [0.15, 0.2) is 0 Å². The lowest BCUT2D eigenvalue weighted by Crippen LogP contribution is -2.20. The molecule has 0 radical (unpaired) electrons. The number of pyridine rings is 1. The summed E-state index contributed by atoms with van der Waals surface area (Å²) in [5, 5.41) is 0. The van der Waals surface area contributed by atoms with Crippen LogP contribution in [0.5, 0.6) is 0 Å². The lowest BCUT2D eigenvalue weighted by molar-refractivity contribution is 0.0503. The number of aromatic nitrogens is 1. The van der Waals surface area contributed by atoms with Gasteiger partial charge in [-0.2, -0.15) is 0 Å². The summed E-state index contributed by atoms with van der Waals surface area (Å²) in [5.74, 6) is -0.562. The smallest absolute Gasteiger partial charge is 0.343 e. The highest BCUT2D eigenvalue weighted by molar-refractivity contribution is 5.88. The van der Waals surface area contributed by atoms with Crippen molar-refractivity contribution in [1.29, 1.82) is 0 Å². The number of H-pyrrole nitrogens is 1. The zero-order chi connectivity index (χ0) is 10.6. The van der Waals surface area contributed by atoms with E-state index in [4.69, 9.17) is 4.74 Å². The van der Waals surface area contributed by atoms with Gasteiger partial charge in [0.25, 0.3) is 5.56 Å². The van der Waals surface area contributed by atoms with Crippen LogP contribution in [0.1, 0.15) is 29.4 Å². The second-order valence-corrected chi connectivity index (χ2v) is 3.02. The molecule has 0 spiro atoms. The van der Waals surface area contributed by atoms with E-state index in [0.717, 1.165) is 12.1 Å². The van der Waals surface area contributed by atoms with E-state index in [1.165, 1.54) is 6.07 Å². The van der Waals surface area contributed by atoms with E-state index in [0.29, 0.717) is 6.61 Å². The van der Waals surface area contributed by atoms with Gasteiger partial charge in [-0.3, -0.25) is 4.79 Å². The summed E-state index contributed by atoms with van der Waals surface area (Å²) in [5.41, 5.74) is 0.386. The average Bonchev–Trinajstić information content (AvgIpc) is 2.14. The molecule has 1 heterocycles. The Morgan fingerprint density at radius 2 is 2.21 bits per heavy atom. The molecule has 0 aliphatic heterocycles. The summed E-state index contributed by atoms with van der Waals surface area (Å²) in [6.07, 6.45) is 0.746. The minimum atomic E-state index is -0.562. The van der Waals surface area contributed by atoms with Crippen molar-refractivity contribution in [2.24, 2.45) is 0 Å². The SMILES string of the molecule is CCCOC(=O)c1ccc(C)[nH]c1=O. The zero-order valence-electron chi connectivity index (χ0n) is 8.29. The molecular formula is C10H13NO3. The molecule has 1 rings (SSSR count). The summed E-state index contributed by atoms with van der Waals surface area (Å²) in [4.78, 5) is 25.1. The highest BCUT2D eigenvalue weighted by Gasteiger charge is 2.10. The Morgan fingerprint density at radius 3 is 2.79 bits per heavy atom.